The van der Waals surface area contributed by atoms with Crippen LogP contribution in [0.15, 0.2) is 53.7 Å². The minimum atomic E-state index is -0.113. The van der Waals surface area contributed by atoms with Crippen molar-refractivity contribution in [2.24, 2.45) is 0 Å². The first-order valence-corrected chi connectivity index (χ1v) is 8.56. The van der Waals surface area contributed by atoms with Gasteiger partial charge in [-0.25, -0.2) is 0 Å². The Hall–Kier alpha value is -2.87. The summed E-state index contributed by atoms with van der Waals surface area (Å²) in [6.45, 7) is 2.00. The number of nitrogens with zero attached hydrogens (tertiary/aromatic N) is 4. The van der Waals surface area contributed by atoms with Crippen molar-refractivity contribution in [2.45, 2.75) is 12.1 Å². The van der Waals surface area contributed by atoms with E-state index in [4.69, 9.17) is 4.74 Å². The lowest BCUT2D eigenvalue weighted by Gasteiger charge is -2.06. The van der Waals surface area contributed by atoms with Crippen molar-refractivity contribution < 1.29 is 9.53 Å². The van der Waals surface area contributed by atoms with E-state index in [1.165, 1.54) is 11.8 Å². The van der Waals surface area contributed by atoms with Crippen LogP contribution < -0.4 is 10.1 Å². The molecule has 1 aromatic heterocycles. The average molecular weight is 355 g/mol. The van der Waals surface area contributed by atoms with E-state index >= 15 is 0 Å². The molecule has 2 aromatic carbocycles. The molecule has 1 amide bonds. The van der Waals surface area contributed by atoms with E-state index in [9.17, 15) is 4.79 Å². The van der Waals surface area contributed by atoms with Crippen LogP contribution in [-0.2, 0) is 4.79 Å². The van der Waals surface area contributed by atoms with Crippen LogP contribution in [0, 0.1) is 6.92 Å². The predicted octanol–water partition coefficient (Wildman–Crippen LogP) is 2.71. The molecule has 0 spiro atoms. The molecule has 0 aliphatic rings. The lowest BCUT2D eigenvalue weighted by atomic mass is 10.2. The average Bonchev–Trinajstić information content (AvgIpc) is 3.10. The van der Waals surface area contributed by atoms with Crippen molar-refractivity contribution in [1.29, 1.82) is 0 Å². The number of thioether (sulfide) groups is 1. The van der Waals surface area contributed by atoms with Crippen LogP contribution in [0.25, 0.3) is 5.69 Å². The van der Waals surface area contributed by atoms with Crippen molar-refractivity contribution in [1.82, 2.24) is 20.2 Å². The standard InChI is InChI=1S/C17H17N5O2S/c1-12-3-5-13(6-4-12)18-16(23)11-25-17-19-20-21-22(17)14-7-9-15(24-2)10-8-14/h3-10H,11H2,1-2H3,(H,18,23). The Morgan fingerprint density at radius 3 is 2.56 bits per heavy atom. The monoisotopic (exact) mass is 355 g/mol. The molecule has 0 aliphatic carbocycles. The Morgan fingerprint density at radius 1 is 1.16 bits per heavy atom. The molecule has 0 aliphatic heterocycles. The molecule has 1 N–H and O–H groups in total. The topological polar surface area (TPSA) is 81.9 Å². The van der Waals surface area contributed by atoms with Crippen molar-refractivity contribution in [3.8, 4) is 11.4 Å². The summed E-state index contributed by atoms with van der Waals surface area (Å²) in [6.07, 6.45) is 0. The molecular formula is C17H17N5O2S. The molecule has 128 valence electrons. The number of rotatable bonds is 6. The molecule has 7 nitrogen and oxygen atoms in total. The molecule has 8 heteroatoms. The van der Waals surface area contributed by atoms with Gasteiger partial charge in [0.05, 0.1) is 18.6 Å². The van der Waals surface area contributed by atoms with Crippen LogP contribution >= 0.6 is 11.8 Å². The van der Waals surface area contributed by atoms with E-state index < -0.39 is 0 Å². The number of ether oxygens (including phenoxy) is 1. The zero-order valence-electron chi connectivity index (χ0n) is 13.8. The number of carbonyl (C=O) groups is 1. The Kier molecular flexibility index (Phi) is 5.30. The molecule has 25 heavy (non-hydrogen) atoms. The third-order valence-electron chi connectivity index (χ3n) is 3.43. The number of carbonyl (C=O) groups excluding carboxylic acids is 1. The van der Waals surface area contributed by atoms with Crippen molar-refractivity contribution in [2.75, 3.05) is 18.2 Å². The Balaban J connectivity index is 1.62. The van der Waals surface area contributed by atoms with E-state index in [0.29, 0.717) is 5.16 Å². The number of benzene rings is 2. The summed E-state index contributed by atoms with van der Waals surface area (Å²) in [5, 5.41) is 15.0. The lowest BCUT2D eigenvalue weighted by Crippen LogP contribution is -2.14. The number of hydrogen-bond donors (Lipinski definition) is 1. The highest BCUT2D eigenvalue weighted by molar-refractivity contribution is 7.99. The fraction of sp³-hybridized carbons (Fsp3) is 0.176. The number of nitrogens with one attached hydrogen (secondary N) is 1. The SMILES string of the molecule is COc1ccc(-n2nnnc2SCC(=O)Nc2ccc(C)cc2)cc1. The fourth-order valence-corrected chi connectivity index (χ4v) is 2.81. The Labute approximate surface area is 149 Å². The molecule has 0 bridgehead atoms. The zero-order chi connectivity index (χ0) is 17.6. The largest absolute Gasteiger partial charge is 0.497 e. The number of amides is 1. The maximum absolute atomic E-state index is 12.1. The molecule has 3 aromatic rings. The van der Waals surface area contributed by atoms with E-state index in [1.54, 1.807) is 11.8 Å². The van der Waals surface area contributed by atoms with Crippen molar-refractivity contribution >= 4 is 23.4 Å². The van der Waals surface area contributed by atoms with Gasteiger partial charge in [0.25, 0.3) is 0 Å². The van der Waals surface area contributed by atoms with Crippen LogP contribution in [-0.4, -0.2) is 39.0 Å². The third-order valence-corrected chi connectivity index (χ3v) is 4.34. The van der Waals surface area contributed by atoms with Crippen molar-refractivity contribution in [3.63, 3.8) is 0 Å². The minimum absolute atomic E-state index is 0.113. The van der Waals surface area contributed by atoms with E-state index in [0.717, 1.165) is 22.7 Å². The van der Waals surface area contributed by atoms with Gasteiger partial charge in [-0.2, -0.15) is 4.68 Å². The highest BCUT2D eigenvalue weighted by Gasteiger charge is 2.12. The molecule has 0 radical (unpaired) electrons. The van der Waals surface area contributed by atoms with Gasteiger partial charge in [-0.05, 0) is 53.7 Å². The summed E-state index contributed by atoms with van der Waals surface area (Å²) < 4.78 is 6.73. The lowest BCUT2D eigenvalue weighted by molar-refractivity contribution is -0.113. The summed E-state index contributed by atoms with van der Waals surface area (Å²) in [4.78, 5) is 12.1. The molecular weight excluding hydrogens is 338 g/mol. The van der Waals surface area contributed by atoms with Gasteiger partial charge < -0.3 is 10.1 Å². The quantitative estimate of drug-likeness (QED) is 0.685. The molecule has 0 unspecified atom stereocenters. The summed E-state index contributed by atoms with van der Waals surface area (Å²) in [5.74, 6) is 0.853. The van der Waals surface area contributed by atoms with Gasteiger partial charge in [-0.3, -0.25) is 4.79 Å². The molecule has 3 rings (SSSR count). The second-order valence-electron chi connectivity index (χ2n) is 5.27. The first-order chi connectivity index (χ1) is 12.2. The summed E-state index contributed by atoms with van der Waals surface area (Å²) in [5.41, 5.74) is 2.71. The fourth-order valence-electron chi connectivity index (χ4n) is 2.12. The minimum Gasteiger partial charge on any atom is -0.497 e. The van der Waals surface area contributed by atoms with E-state index in [-0.39, 0.29) is 11.7 Å². The molecule has 0 fully saturated rings. The van der Waals surface area contributed by atoms with E-state index in [1.807, 2.05) is 55.5 Å². The summed E-state index contributed by atoms with van der Waals surface area (Å²) in [6, 6.07) is 15.0. The molecule has 0 saturated carbocycles. The first-order valence-electron chi connectivity index (χ1n) is 7.58. The van der Waals surface area contributed by atoms with Gasteiger partial charge in [-0.1, -0.05) is 29.5 Å². The van der Waals surface area contributed by atoms with Crippen LogP contribution in [0.4, 0.5) is 5.69 Å². The normalized spacial score (nSPS) is 10.5. The van der Waals surface area contributed by atoms with Crippen LogP contribution in [0.5, 0.6) is 5.75 Å². The second-order valence-corrected chi connectivity index (χ2v) is 6.22. The van der Waals surface area contributed by atoms with Gasteiger partial charge in [-0.15, -0.1) is 5.10 Å². The number of aryl methyl sites for hydroxylation is 1. The third kappa shape index (κ3) is 4.36. The highest BCUT2D eigenvalue weighted by Crippen LogP contribution is 2.20. The van der Waals surface area contributed by atoms with Crippen LogP contribution in [0.3, 0.4) is 0 Å². The van der Waals surface area contributed by atoms with E-state index in [2.05, 4.69) is 20.8 Å². The number of tetrazole rings is 1. The summed E-state index contributed by atoms with van der Waals surface area (Å²) >= 11 is 1.27. The highest BCUT2D eigenvalue weighted by atomic mass is 32.2. The Morgan fingerprint density at radius 2 is 1.88 bits per heavy atom. The number of aromatic nitrogens is 4. The Bertz CT molecular complexity index is 846. The smallest absolute Gasteiger partial charge is 0.234 e. The number of anilines is 1. The molecule has 0 atom stereocenters. The van der Waals surface area contributed by atoms with Gasteiger partial charge >= 0.3 is 0 Å². The van der Waals surface area contributed by atoms with Crippen molar-refractivity contribution in [3.05, 3.63) is 54.1 Å². The predicted molar refractivity (Wildman–Crippen MR) is 96.2 cm³/mol. The number of methoxy groups -OCH3 is 1. The van der Waals surface area contributed by atoms with Gasteiger partial charge in [0.2, 0.25) is 11.1 Å². The van der Waals surface area contributed by atoms with Gasteiger partial charge in [0.1, 0.15) is 5.75 Å². The maximum atomic E-state index is 12.1. The maximum Gasteiger partial charge on any atom is 0.234 e. The van der Waals surface area contributed by atoms with Gasteiger partial charge in [0, 0.05) is 5.69 Å². The summed E-state index contributed by atoms with van der Waals surface area (Å²) in [7, 11) is 1.61. The number of hydrogen-bond acceptors (Lipinski definition) is 6. The second kappa shape index (κ2) is 7.80. The van der Waals surface area contributed by atoms with Crippen LogP contribution in [0.2, 0.25) is 0 Å². The molecule has 0 saturated heterocycles. The molecule has 1 heterocycles. The zero-order valence-corrected chi connectivity index (χ0v) is 14.7. The van der Waals surface area contributed by atoms with Crippen LogP contribution in [0.1, 0.15) is 5.56 Å². The van der Waals surface area contributed by atoms with Gasteiger partial charge in [0.15, 0.2) is 0 Å². The first kappa shape index (κ1) is 17.0.